The zero-order valence-electron chi connectivity index (χ0n) is 16.8. The molecule has 0 atom stereocenters. The molecule has 1 aromatic rings. The summed E-state index contributed by atoms with van der Waals surface area (Å²) in [6.07, 6.45) is 5.57. The minimum absolute atomic E-state index is 0.243. The molecule has 0 aliphatic heterocycles. The Labute approximate surface area is 145 Å². The van der Waals surface area contributed by atoms with Crippen molar-refractivity contribution in [3.05, 3.63) is 35.4 Å². The van der Waals surface area contributed by atoms with E-state index < -0.39 is 0 Å². The summed E-state index contributed by atoms with van der Waals surface area (Å²) in [7, 11) is 0. The molecule has 0 amide bonds. The van der Waals surface area contributed by atoms with E-state index in [1.54, 1.807) is 0 Å². The SMILES string of the molecule is CC(C)(C)c1ccc(C(C)(C)C2CCC(C(C)(C)C)CC2)cc1. The highest BCUT2D eigenvalue weighted by atomic mass is 14.4. The van der Waals surface area contributed by atoms with Crippen LogP contribution in [-0.4, -0.2) is 0 Å². The molecular weight excluding hydrogens is 276 g/mol. The van der Waals surface area contributed by atoms with Crippen molar-refractivity contribution in [3.63, 3.8) is 0 Å². The van der Waals surface area contributed by atoms with Gasteiger partial charge in [0.05, 0.1) is 0 Å². The maximum atomic E-state index is 2.46. The fourth-order valence-electron chi connectivity index (χ4n) is 4.32. The van der Waals surface area contributed by atoms with E-state index in [0.29, 0.717) is 10.8 Å². The van der Waals surface area contributed by atoms with Crippen LogP contribution in [0.3, 0.4) is 0 Å². The lowest BCUT2D eigenvalue weighted by Crippen LogP contribution is -2.35. The average molecular weight is 315 g/mol. The molecule has 23 heavy (non-hydrogen) atoms. The maximum absolute atomic E-state index is 2.46. The third kappa shape index (κ3) is 4.20. The molecule has 1 aliphatic rings. The Bertz CT molecular complexity index is 496. The van der Waals surface area contributed by atoms with Crippen LogP contribution in [0.1, 0.15) is 92.2 Å². The van der Waals surface area contributed by atoms with Crippen molar-refractivity contribution >= 4 is 0 Å². The van der Waals surface area contributed by atoms with E-state index in [2.05, 4.69) is 79.7 Å². The van der Waals surface area contributed by atoms with Crippen LogP contribution in [0.4, 0.5) is 0 Å². The van der Waals surface area contributed by atoms with E-state index in [-0.39, 0.29) is 5.41 Å². The molecule has 0 heterocycles. The Balaban J connectivity index is 2.10. The second-order valence-electron chi connectivity index (χ2n) is 10.5. The van der Waals surface area contributed by atoms with Gasteiger partial charge in [0.2, 0.25) is 0 Å². The zero-order chi connectivity index (χ0) is 17.5. The molecule has 0 bridgehead atoms. The predicted molar refractivity (Wildman–Crippen MR) is 103 cm³/mol. The summed E-state index contributed by atoms with van der Waals surface area (Å²) >= 11 is 0. The Morgan fingerprint density at radius 3 is 1.39 bits per heavy atom. The molecule has 0 N–H and O–H groups in total. The molecule has 1 aromatic carbocycles. The second-order valence-corrected chi connectivity index (χ2v) is 10.5. The van der Waals surface area contributed by atoms with Crippen LogP contribution in [0, 0.1) is 17.3 Å². The molecular formula is C23H38. The summed E-state index contributed by atoms with van der Waals surface area (Å²) in [4.78, 5) is 0. The molecule has 0 aromatic heterocycles. The highest BCUT2D eigenvalue weighted by molar-refractivity contribution is 5.32. The molecule has 1 saturated carbocycles. The summed E-state index contributed by atoms with van der Waals surface area (Å²) in [6, 6.07) is 9.46. The summed E-state index contributed by atoms with van der Waals surface area (Å²) in [5.74, 6) is 1.72. The first kappa shape index (κ1) is 18.6. The molecule has 1 fully saturated rings. The number of hydrogen-bond acceptors (Lipinski definition) is 0. The number of rotatable bonds is 2. The van der Waals surface area contributed by atoms with Crippen molar-refractivity contribution in [2.24, 2.45) is 17.3 Å². The lowest BCUT2D eigenvalue weighted by molar-refractivity contribution is 0.119. The fraction of sp³-hybridized carbons (Fsp3) is 0.739. The average Bonchev–Trinajstić information content (AvgIpc) is 2.46. The van der Waals surface area contributed by atoms with E-state index >= 15 is 0 Å². The number of benzene rings is 1. The monoisotopic (exact) mass is 314 g/mol. The summed E-state index contributed by atoms with van der Waals surface area (Å²) < 4.78 is 0. The van der Waals surface area contributed by atoms with Crippen molar-refractivity contribution in [2.45, 2.75) is 91.9 Å². The Hall–Kier alpha value is -0.780. The molecule has 0 saturated heterocycles. The first-order valence-corrected chi connectivity index (χ1v) is 9.53. The van der Waals surface area contributed by atoms with Gasteiger partial charge in [-0.2, -0.15) is 0 Å². The summed E-state index contributed by atoms with van der Waals surface area (Å²) in [5.41, 5.74) is 3.97. The normalized spacial score (nSPS) is 23.8. The van der Waals surface area contributed by atoms with Gasteiger partial charge in [0.1, 0.15) is 0 Å². The highest BCUT2D eigenvalue weighted by Crippen LogP contribution is 2.46. The second kappa shape index (κ2) is 6.26. The van der Waals surface area contributed by atoms with Crippen molar-refractivity contribution in [1.29, 1.82) is 0 Å². The third-order valence-electron chi connectivity index (χ3n) is 6.47. The van der Waals surface area contributed by atoms with Gasteiger partial charge in [-0.1, -0.05) is 79.7 Å². The Morgan fingerprint density at radius 2 is 1.00 bits per heavy atom. The standard InChI is InChI=1S/C23H38/c1-21(2,3)17-9-13-19(14-10-17)23(7,8)20-15-11-18(12-16-20)22(4,5)6/h9-10,13-14,18,20H,11-12,15-16H2,1-8H3. The molecule has 0 heteroatoms. The minimum atomic E-state index is 0.243. The third-order valence-corrected chi connectivity index (χ3v) is 6.47. The lowest BCUT2D eigenvalue weighted by Gasteiger charge is -2.43. The Morgan fingerprint density at radius 1 is 0.609 bits per heavy atom. The quantitative estimate of drug-likeness (QED) is 0.545. The van der Waals surface area contributed by atoms with Gasteiger partial charge in [0.15, 0.2) is 0 Å². The van der Waals surface area contributed by atoms with Crippen molar-refractivity contribution in [1.82, 2.24) is 0 Å². The molecule has 0 unspecified atom stereocenters. The first-order chi connectivity index (χ1) is 10.4. The largest absolute Gasteiger partial charge is 0.0599 e. The Kier molecular flexibility index (Phi) is 5.05. The zero-order valence-corrected chi connectivity index (χ0v) is 16.8. The van der Waals surface area contributed by atoms with E-state index in [1.165, 1.54) is 36.8 Å². The van der Waals surface area contributed by atoms with E-state index in [9.17, 15) is 0 Å². The van der Waals surface area contributed by atoms with Gasteiger partial charge < -0.3 is 0 Å². The van der Waals surface area contributed by atoms with Crippen LogP contribution in [-0.2, 0) is 10.8 Å². The smallest absolute Gasteiger partial charge is 0.00753 e. The van der Waals surface area contributed by atoms with Crippen molar-refractivity contribution in [3.8, 4) is 0 Å². The van der Waals surface area contributed by atoms with Crippen LogP contribution in [0.5, 0.6) is 0 Å². The summed E-state index contributed by atoms with van der Waals surface area (Å²) in [6.45, 7) is 19.0. The van der Waals surface area contributed by atoms with Gasteiger partial charge in [-0.05, 0) is 64.9 Å². The lowest BCUT2D eigenvalue weighted by atomic mass is 9.62. The topological polar surface area (TPSA) is 0 Å². The van der Waals surface area contributed by atoms with Gasteiger partial charge in [0.25, 0.3) is 0 Å². The number of hydrogen-bond donors (Lipinski definition) is 0. The molecule has 1 aliphatic carbocycles. The van der Waals surface area contributed by atoms with Gasteiger partial charge in [-0.25, -0.2) is 0 Å². The van der Waals surface area contributed by atoms with Crippen LogP contribution < -0.4 is 0 Å². The first-order valence-electron chi connectivity index (χ1n) is 9.53. The highest BCUT2D eigenvalue weighted by Gasteiger charge is 2.37. The molecule has 0 spiro atoms. The van der Waals surface area contributed by atoms with E-state index in [4.69, 9.17) is 0 Å². The molecule has 0 radical (unpaired) electrons. The van der Waals surface area contributed by atoms with Crippen LogP contribution in [0.25, 0.3) is 0 Å². The summed E-state index contributed by atoms with van der Waals surface area (Å²) in [5, 5.41) is 0. The van der Waals surface area contributed by atoms with Crippen molar-refractivity contribution < 1.29 is 0 Å². The van der Waals surface area contributed by atoms with E-state index in [1.807, 2.05) is 0 Å². The van der Waals surface area contributed by atoms with Crippen LogP contribution >= 0.6 is 0 Å². The van der Waals surface area contributed by atoms with Crippen LogP contribution in [0.2, 0.25) is 0 Å². The minimum Gasteiger partial charge on any atom is -0.0599 e. The van der Waals surface area contributed by atoms with E-state index in [0.717, 1.165) is 11.8 Å². The van der Waals surface area contributed by atoms with Crippen LogP contribution in [0.15, 0.2) is 24.3 Å². The van der Waals surface area contributed by atoms with Gasteiger partial charge in [-0.15, -0.1) is 0 Å². The fourth-order valence-corrected chi connectivity index (χ4v) is 4.32. The van der Waals surface area contributed by atoms with Crippen molar-refractivity contribution in [2.75, 3.05) is 0 Å². The van der Waals surface area contributed by atoms with Gasteiger partial charge in [-0.3, -0.25) is 0 Å². The predicted octanol–water partition coefficient (Wildman–Crippen LogP) is 7.11. The van der Waals surface area contributed by atoms with Gasteiger partial charge >= 0.3 is 0 Å². The molecule has 130 valence electrons. The van der Waals surface area contributed by atoms with Gasteiger partial charge in [0, 0.05) is 0 Å². The maximum Gasteiger partial charge on any atom is -0.00753 e. The molecule has 0 nitrogen and oxygen atoms in total. The molecule has 2 rings (SSSR count).